The zero-order chi connectivity index (χ0) is 6.10. The third-order valence-electron chi connectivity index (χ3n) is 0.973. The van der Waals surface area contributed by atoms with Crippen molar-refractivity contribution >= 4 is 11.2 Å². The number of aromatic nitrogens is 3. The average molecular weight is 120 g/mol. The van der Waals surface area contributed by atoms with Crippen LogP contribution in [0.2, 0.25) is 0 Å². The Bertz CT molecular complexity index is 286. The molecule has 0 bridgehead atoms. The molecular formula is C5H2N3O. The van der Waals surface area contributed by atoms with Gasteiger partial charge in [0.25, 0.3) is 0 Å². The smallest absolute Gasteiger partial charge is 0.220 e. The van der Waals surface area contributed by atoms with Crippen molar-refractivity contribution in [2.45, 2.75) is 0 Å². The number of oxazole rings is 1. The summed E-state index contributed by atoms with van der Waals surface area (Å²) < 4.78 is 4.87. The molecule has 0 aliphatic rings. The van der Waals surface area contributed by atoms with Crippen molar-refractivity contribution in [2.75, 3.05) is 0 Å². The molecule has 4 heteroatoms. The molecule has 0 saturated heterocycles. The lowest BCUT2D eigenvalue weighted by atomic mass is 10.5. The van der Waals surface area contributed by atoms with Crippen LogP contribution >= 0.6 is 0 Å². The second kappa shape index (κ2) is 1.51. The maximum Gasteiger partial charge on any atom is 0.220 e. The minimum Gasteiger partial charge on any atom is -0.442 e. The topological polar surface area (TPSA) is 51.8 Å². The minimum atomic E-state index is 0.522. The van der Waals surface area contributed by atoms with Gasteiger partial charge in [-0.2, -0.15) is 4.98 Å². The summed E-state index contributed by atoms with van der Waals surface area (Å²) in [6.45, 7) is 0. The van der Waals surface area contributed by atoms with Crippen molar-refractivity contribution < 1.29 is 4.42 Å². The zero-order valence-corrected chi connectivity index (χ0v) is 4.40. The molecule has 0 aliphatic carbocycles. The Balaban J connectivity index is 2.95. The van der Waals surface area contributed by atoms with E-state index in [1.807, 2.05) is 0 Å². The van der Waals surface area contributed by atoms with Crippen LogP contribution in [-0.4, -0.2) is 15.2 Å². The van der Waals surface area contributed by atoms with E-state index >= 15 is 0 Å². The molecule has 0 aromatic carbocycles. The molecule has 0 atom stereocenters. The Morgan fingerprint density at radius 1 is 1.56 bits per heavy atom. The number of hydrogen-bond acceptors (Lipinski definition) is 4. The Hall–Kier alpha value is -1.45. The molecule has 2 aromatic heterocycles. The fourth-order valence-corrected chi connectivity index (χ4v) is 0.587. The van der Waals surface area contributed by atoms with Crippen LogP contribution in [-0.2, 0) is 0 Å². The van der Waals surface area contributed by atoms with Crippen molar-refractivity contribution in [1.29, 1.82) is 0 Å². The number of hydrogen-bond donors (Lipinski definition) is 0. The molecule has 4 nitrogen and oxygen atoms in total. The first-order chi connectivity index (χ1) is 4.47. The van der Waals surface area contributed by atoms with Crippen LogP contribution < -0.4 is 0 Å². The van der Waals surface area contributed by atoms with Gasteiger partial charge in [0.05, 0.1) is 0 Å². The molecule has 2 aromatic rings. The highest BCUT2D eigenvalue weighted by Crippen LogP contribution is 2.03. The molecule has 0 unspecified atom stereocenters. The molecule has 0 fully saturated rings. The van der Waals surface area contributed by atoms with E-state index < -0.39 is 0 Å². The number of rotatable bonds is 0. The summed E-state index contributed by atoms with van der Waals surface area (Å²) in [6.07, 6.45) is 3.85. The zero-order valence-electron chi connectivity index (χ0n) is 4.40. The molecule has 0 aliphatic heterocycles. The minimum absolute atomic E-state index is 0.522. The van der Waals surface area contributed by atoms with E-state index in [9.17, 15) is 0 Å². The molecule has 0 spiro atoms. The first kappa shape index (κ1) is 4.43. The van der Waals surface area contributed by atoms with Crippen molar-refractivity contribution in [3.8, 4) is 0 Å². The fourth-order valence-electron chi connectivity index (χ4n) is 0.587. The molecule has 0 N–H and O–H groups in total. The van der Waals surface area contributed by atoms with Gasteiger partial charge in [-0.1, -0.05) is 0 Å². The van der Waals surface area contributed by atoms with Gasteiger partial charge in [-0.05, 0) is 0 Å². The van der Waals surface area contributed by atoms with Crippen LogP contribution in [0.15, 0.2) is 16.9 Å². The summed E-state index contributed by atoms with van der Waals surface area (Å²) >= 11 is 0. The Labute approximate surface area is 50.5 Å². The van der Waals surface area contributed by atoms with Crippen LogP contribution in [0.4, 0.5) is 0 Å². The predicted octanol–water partition coefficient (Wildman–Crippen LogP) is 0.418. The monoisotopic (exact) mass is 120 g/mol. The third-order valence-corrected chi connectivity index (χ3v) is 0.973. The van der Waals surface area contributed by atoms with Gasteiger partial charge in [-0.15, -0.1) is 10.2 Å². The van der Waals surface area contributed by atoms with E-state index in [1.54, 1.807) is 6.07 Å². The summed E-state index contributed by atoms with van der Waals surface area (Å²) in [6, 6.07) is 1.59. The number of nitrogens with zero attached hydrogens (tertiary/aromatic N) is 3. The average Bonchev–Trinajstić information content (AvgIpc) is 2.33. The highest BCUT2D eigenvalue weighted by atomic mass is 16.3. The Kier molecular flexibility index (Phi) is 0.745. The predicted molar refractivity (Wildman–Crippen MR) is 28.4 cm³/mol. The van der Waals surface area contributed by atoms with Gasteiger partial charge in [0.15, 0.2) is 12.0 Å². The van der Waals surface area contributed by atoms with Crippen LogP contribution in [0.5, 0.6) is 0 Å². The van der Waals surface area contributed by atoms with Crippen molar-refractivity contribution in [3.63, 3.8) is 0 Å². The van der Waals surface area contributed by atoms with E-state index in [1.165, 1.54) is 6.39 Å². The van der Waals surface area contributed by atoms with Crippen LogP contribution in [0.3, 0.4) is 0 Å². The van der Waals surface area contributed by atoms with Crippen LogP contribution in [0.25, 0.3) is 11.2 Å². The van der Waals surface area contributed by atoms with E-state index in [2.05, 4.69) is 21.4 Å². The first-order valence-corrected chi connectivity index (χ1v) is 2.40. The highest BCUT2D eigenvalue weighted by molar-refractivity contribution is 5.64. The van der Waals surface area contributed by atoms with Gasteiger partial charge in [0, 0.05) is 6.07 Å². The van der Waals surface area contributed by atoms with Crippen molar-refractivity contribution in [2.24, 2.45) is 0 Å². The quantitative estimate of drug-likeness (QED) is 0.505. The second-order valence-electron chi connectivity index (χ2n) is 1.51. The summed E-state index contributed by atoms with van der Waals surface area (Å²) in [5.74, 6) is 0. The van der Waals surface area contributed by atoms with Gasteiger partial charge in [-0.3, -0.25) is 0 Å². The molecule has 2 heterocycles. The van der Waals surface area contributed by atoms with Crippen LogP contribution in [0, 0.1) is 6.20 Å². The lowest BCUT2D eigenvalue weighted by molar-refractivity contribution is 0.601. The molecule has 0 amide bonds. The third kappa shape index (κ3) is 0.561. The van der Waals surface area contributed by atoms with Gasteiger partial charge >= 0.3 is 0 Å². The molecule has 9 heavy (non-hydrogen) atoms. The standard InChI is InChI=1S/C5H2N3O/c1-2-7-8-5-4(1)9-3-6-5/h1,3H. The summed E-state index contributed by atoms with van der Waals surface area (Å²) in [7, 11) is 0. The van der Waals surface area contributed by atoms with E-state index in [0.717, 1.165) is 0 Å². The Morgan fingerprint density at radius 2 is 2.56 bits per heavy atom. The normalized spacial score (nSPS) is 10.2. The van der Waals surface area contributed by atoms with Crippen LogP contribution in [0.1, 0.15) is 0 Å². The molecule has 1 radical (unpaired) electrons. The summed E-state index contributed by atoms with van der Waals surface area (Å²) in [5, 5.41) is 7.12. The van der Waals surface area contributed by atoms with Crippen molar-refractivity contribution in [1.82, 2.24) is 15.2 Å². The van der Waals surface area contributed by atoms with Crippen molar-refractivity contribution in [3.05, 3.63) is 18.7 Å². The number of fused-ring (bicyclic) bond motifs is 1. The summed E-state index contributed by atoms with van der Waals surface area (Å²) in [5.41, 5.74) is 1.14. The van der Waals surface area contributed by atoms with Gasteiger partial charge in [0.1, 0.15) is 6.20 Å². The molecule has 0 saturated carbocycles. The molecule has 43 valence electrons. The molecule has 2 rings (SSSR count). The second-order valence-corrected chi connectivity index (χ2v) is 1.51. The fraction of sp³-hybridized carbons (Fsp3) is 0. The highest BCUT2D eigenvalue weighted by Gasteiger charge is 1.94. The van der Waals surface area contributed by atoms with E-state index in [4.69, 9.17) is 4.42 Å². The lowest BCUT2D eigenvalue weighted by Gasteiger charge is -1.76. The van der Waals surface area contributed by atoms with Gasteiger partial charge in [0.2, 0.25) is 5.65 Å². The maximum atomic E-state index is 4.87. The Morgan fingerprint density at radius 3 is 3.44 bits per heavy atom. The molecular weight excluding hydrogens is 118 g/mol. The van der Waals surface area contributed by atoms with E-state index in [0.29, 0.717) is 11.2 Å². The first-order valence-electron chi connectivity index (χ1n) is 2.40. The summed E-state index contributed by atoms with van der Waals surface area (Å²) in [4.78, 5) is 3.76. The van der Waals surface area contributed by atoms with E-state index in [-0.39, 0.29) is 0 Å². The SMILES string of the molecule is [c]1cc2ocnc2nn1. The largest absolute Gasteiger partial charge is 0.442 e. The van der Waals surface area contributed by atoms with Gasteiger partial charge in [-0.25, -0.2) is 0 Å². The maximum absolute atomic E-state index is 4.87. The lowest BCUT2D eigenvalue weighted by Crippen LogP contribution is -1.78. The van der Waals surface area contributed by atoms with Gasteiger partial charge < -0.3 is 4.42 Å².